The van der Waals surface area contributed by atoms with Gasteiger partial charge in [0.2, 0.25) is 0 Å². The van der Waals surface area contributed by atoms with Crippen LogP contribution < -0.4 is 4.74 Å². The molecular weight excluding hydrogens is 543 g/mol. The summed E-state index contributed by atoms with van der Waals surface area (Å²) >= 11 is 1.34. The van der Waals surface area contributed by atoms with E-state index < -0.39 is 11.7 Å². The zero-order chi connectivity index (χ0) is 28.7. The van der Waals surface area contributed by atoms with E-state index >= 15 is 0 Å². The van der Waals surface area contributed by atoms with Gasteiger partial charge in [0, 0.05) is 31.6 Å². The second kappa shape index (κ2) is 13.3. The smallest absolute Gasteiger partial charge is 0.416 e. The number of hydrogen-bond acceptors (Lipinski definition) is 7. The van der Waals surface area contributed by atoms with E-state index in [0.717, 1.165) is 17.7 Å². The molecule has 214 valence electrons. The summed E-state index contributed by atoms with van der Waals surface area (Å²) in [6.07, 6.45) is -3.32. The zero-order valence-electron chi connectivity index (χ0n) is 22.4. The Morgan fingerprint density at radius 3 is 2.40 bits per heavy atom. The quantitative estimate of drug-likeness (QED) is 0.285. The van der Waals surface area contributed by atoms with Crippen molar-refractivity contribution in [2.24, 2.45) is 5.92 Å². The minimum absolute atomic E-state index is 0.190. The standard InChI is InChI=1S/C29H32F3N3O4S/c1-3-39-28(37)22-11-13-35(14-12-22)27(36)25-19-40-26(33-25)18-34(16-20-7-9-24(38-2)10-8-20)17-21-5-4-6-23(15-21)29(30,31)32/h4-10,15,19,22H,3,11-14,16-18H2,1-2H3. The molecule has 1 amide bonds. The predicted molar refractivity (Wildman–Crippen MR) is 145 cm³/mol. The molecule has 0 bridgehead atoms. The van der Waals surface area contributed by atoms with Gasteiger partial charge in [-0.2, -0.15) is 13.2 Å². The van der Waals surface area contributed by atoms with Crippen LogP contribution in [-0.2, 0) is 35.3 Å². The number of halogens is 3. The first-order valence-corrected chi connectivity index (χ1v) is 14.0. The summed E-state index contributed by atoms with van der Waals surface area (Å²) in [5, 5.41) is 2.40. The van der Waals surface area contributed by atoms with Crippen LogP contribution in [0.5, 0.6) is 5.75 Å². The molecule has 1 aliphatic rings. The zero-order valence-corrected chi connectivity index (χ0v) is 23.3. The van der Waals surface area contributed by atoms with Crippen LogP contribution in [0.2, 0.25) is 0 Å². The number of carbonyl (C=O) groups is 2. The first-order chi connectivity index (χ1) is 19.2. The van der Waals surface area contributed by atoms with E-state index in [4.69, 9.17) is 9.47 Å². The van der Waals surface area contributed by atoms with Gasteiger partial charge < -0.3 is 14.4 Å². The molecule has 2 aromatic carbocycles. The number of amides is 1. The Bertz CT molecular complexity index is 1290. The van der Waals surface area contributed by atoms with Crippen molar-refractivity contribution in [3.63, 3.8) is 0 Å². The molecule has 0 unspecified atom stereocenters. The number of nitrogens with zero attached hydrogens (tertiary/aromatic N) is 3. The average molecular weight is 576 g/mol. The second-order valence-electron chi connectivity index (χ2n) is 9.64. The number of esters is 1. The van der Waals surface area contributed by atoms with Gasteiger partial charge in [0.15, 0.2) is 0 Å². The summed E-state index contributed by atoms with van der Waals surface area (Å²) in [4.78, 5) is 33.4. The fraction of sp³-hybridized carbons (Fsp3) is 0.414. The number of hydrogen-bond donors (Lipinski definition) is 0. The van der Waals surface area contributed by atoms with E-state index in [0.29, 0.717) is 67.6 Å². The van der Waals surface area contributed by atoms with Gasteiger partial charge in [-0.05, 0) is 49.1 Å². The van der Waals surface area contributed by atoms with Crippen LogP contribution in [-0.4, -0.2) is 53.5 Å². The monoisotopic (exact) mass is 575 g/mol. The van der Waals surface area contributed by atoms with E-state index in [9.17, 15) is 22.8 Å². The Morgan fingerprint density at radius 1 is 1.05 bits per heavy atom. The lowest BCUT2D eigenvalue weighted by Crippen LogP contribution is -2.40. The molecule has 1 saturated heterocycles. The van der Waals surface area contributed by atoms with Crippen molar-refractivity contribution in [3.05, 3.63) is 81.3 Å². The second-order valence-corrected chi connectivity index (χ2v) is 10.6. The number of thiazole rings is 1. The SMILES string of the molecule is CCOC(=O)C1CCN(C(=O)c2csc(CN(Cc3ccc(OC)cc3)Cc3cccc(C(F)(F)F)c3)n2)CC1. The molecule has 0 N–H and O–H groups in total. The average Bonchev–Trinajstić information content (AvgIpc) is 3.41. The van der Waals surface area contributed by atoms with Crippen LogP contribution in [0.4, 0.5) is 13.2 Å². The van der Waals surface area contributed by atoms with Crippen LogP contribution in [0.25, 0.3) is 0 Å². The summed E-state index contributed by atoms with van der Waals surface area (Å²) in [5.74, 6) is 0.104. The summed E-state index contributed by atoms with van der Waals surface area (Å²) in [6.45, 7) is 4.09. The minimum Gasteiger partial charge on any atom is -0.497 e. The van der Waals surface area contributed by atoms with Gasteiger partial charge in [-0.1, -0.05) is 30.3 Å². The lowest BCUT2D eigenvalue weighted by atomic mass is 9.97. The van der Waals surface area contributed by atoms with Crippen LogP contribution in [0.1, 0.15) is 52.0 Å². The molecule has 7 nitrogen and oxygen atoms in total. The maximum absolute atomic E-state index is 13.3. The van der Waals surface area contributed by atoms with E-state index in [1.165, 1.54) is 17.4 Å². The van der Waals surface area contributed by atoms with Gasteiger partial charge in [0.05, 0.1) is 31.7 Å². The summed E-state index contributed by atoms with van der Waals surface area (Å²) in [7, 11) is 1.58. The molecule has 0 atom stereocenters. The number of carbonyl (C=O) groups excluding carboxylic acids is 2. The van der Waals surface area contributed by atoms with Gasteiger partial charge in [0.25, 0.3) is 5.91 Å². The number of alkyl halides is 3. The fourth-order valence-corrected chi connectivity index (χ4v) is 5.48. The molecule has 4 rings (SSSR count). The molecule has 1 fully saturated rings. The third-order valence-corrected chi connectivity index (χ3v) is 7.59. The Hall–Kier alpha value is -3.44. The Morgan fingerprint density at radius 2 is 1.75 bits per heavy atom. The van der Waals surface area contributed by atoms with Crippen LogP contribution in [0.3, 0.4) is 0 Å². The highest BCUT2D eigenvalue weighted by atomic mass is 32.1. The third kappa shape index (κ3) is 7.82. The van der Waals surface area contributed by atoms with Gasteiger partial charge in [-0.15, -0.1) is 11.3 Å². The Kier molecular flexibility index (Phi) is 9.80. The normalized spacial score (nSPS) is 14.4. The highest BCUT2D eigenvalue weighted by Gasteiger charge is 2.31. The van der Waals surface area contributed by atoms with Crippen molar-refractivity contribution >= 4 is 23.2 Å². The van der Waals surface area contributed by atoms with E-state index in [1.54, 1.807) is 30.4 Å². The predicted octanol–water partition coefficient (Wildman–Crippen LogP) is 5.79. The van der Waals surface area contributed by atoms with Crippen LogP contribution >= 0.6 is 11.3 Å². The molecule has 0 saturated carbocycles. The van der Waals surface area contributed by atoms with Crippen molar-refractivity contribution in [2.45, 2.75) is 45.6 Å². The number of rotatable bonds is 10. The summed E-state index contributed by atoms with van der Waals surface area (Å²) < 4.78 is 50.2. The highest BCUT2D eigenvalue weighted by molar-refractivity contribution is 7.09. The van der Waals surface area contributed by atoms with Crippen molar-refractivity contribution in [1.82, 2.24) is 14.8 Å². The number of ether oxygens (including phenoxy) is 2. The summed E-state index contributed by atoms with van der Waals surface area (Å²) in [5.41, 5.74) is 1.13. The van der Waals surface area contributed by atoms with Crippen molar-refractivity contribution in [3.8, 4) is 5.75 Å². The number of piperidine rings is 1. The lowest BCUT2D eigenvalue weighted by molar-refractivity contribution is -0.149. The first kappa shape index (κ1) is 29.5. The largest absolute Gasteiger partial charge is 0.497 e. The maximum atomic E-state index is 13.3. The fourth-order valence-electron chi connectivity index (χ4n) is 4.67. The van der Waals surface area contributed by atoms with Gasteiger partial charge in [0.1, 0.15) is 16.5 Å². The minimum atomic E-state index is -4.42. The number of likely N-dealkylation sites (tertiary alicyclic amines) is 1. The highest BCUT2D eigenvalue weighted by Crippen LogP contribution is 2.30. The van der Waals surface area contributed by atoms with Gasteiger partial charge >= 0.3 is 12.1 Å². The molecular formula is C29H32F3N3O4S. The van der Waals surface area contributed by atoms with Crippen molar-refractivity contribution in [1.29, 1.82) is 0 Å². The Balaban J connectivity index is 1.46. The molecule has 0 radical (unpaired) electrons. The lowest BCUT2D eigenvalue weighted by Gasteiger charge is -2.30. The number of methoxy groups -OCH3 is 1. The molecule has 0 spiro atoms. The summed E-state index contributed by atoms with van der Waals surface area (Å²) in [6, 6.07) is 12.8. The molecule has 0 aliphatic carbocycles. The van der Waals surface area contributed by atoms with Gasteiger partial charge in [-0.25, -0.2) is 4.98 Å². The Labute approximate surface area is 235 Å². The van der Waals surface area contributed by atoms with E-state index in [1.807, 2.05) is 29.2 Å². The number of benzene rings is 2. The molecule has 40 heavy (non-hydrogen) atoms. The number of aromatic nitrogens is 1. The van der Waals surface area contributed by atoms with Crippen LogP contribution in [0, 0.1) is 5.92 Å². The third-order valence-electron chi connectivity index (χ3n) is 6.76. The molecule has 2 heterocycles. The topological polar surface area (TPSA) is 72.0 Å². The van der Waals surface area contributed by atoms with Crippen molar-refractivity contribution < 1.29 is 32.2 Å². The molecule has 1 aliphatic heterocycles. The van der Waals surface area contributed by atoms with Gasteiger partial charge in [-0.3, -0.25) is 14.5 Å². The van der Waals surface area contributed by atoms with E-state index in [2.05, 4.69) is 4.98 Å². The molecule has 11 heteroatoms. The van der Waals surface area contributed by atoms with Crippen molar-refractivity contribution in [2.75, 3.05) is 26.8 Å². The van der Waals surface area contributed by atoms with E-state index in [-0.39, 0.29) is 24.3 Å². The maximum Gasteiger partial charge on any atom is 0.416 e. The first-order valence-electron chi connectivity index (χ1n) is 13.1. The molecule has 1 aromatic heterocycles. The molecule has 3 aromatic rings. The van der Waals surface area contributed by atoms with Crippen LogP contribution in [0.15, 0.2) is 53.9 Å².